The predicted octanol–water partition coefficient (Wildman–Crippen LogP) is 0.441. The number of nitrogens with one attached hydrogen (secondary N) is 1. The molecule has 0 aromatic heterocycles. The van der Waals surface area contributed by atoms with Crippen LogP contribution in [0.1, 0.15) is 5.56 Å². The summed E-state index contributed by atoms with van der Waals surface area (Å²) in [6.45, 7) is 1.32. The number of hydrazine groups is 1. The highest BCUT2D eigenvalue weighted by Crippen LogP contribution is 2.34. The number of hydrogen-bond acceptors (Lipinski definition) is 5. The molecule has 0 spiro atoms. The summed E-state index contributed by atoms with van der Waals surface area (Å²) < 4.78 is 83.0. The summed E-state index contributed by atoms with van der Waals surface area (Å²) in [4.78, 5) is -1.14. The summed E-state index contributed by atoms with van der Waals surface area (Å²) >= 11 is 0. The Kier molecular flexibility index (Phi) is 3.96. The second kappa shape index (κ2) is 4.74. The van der Waals surface area contributed by atoms with E-state index < -0.39 is 35.2 Å². The molecule has 0 aliphatic carbocycles. The van der Waals surface area contributed by atoms with E-state index >= 15 is 0 Å². The highest BCUT2D eigenvalue weighted by Gasteiger charge is 2.49. The third-order valence-corrected chi connectivity index (χ3v) is 5.04. The molecule has 0 radical (unpaired) electrons. The molecule has 6 nitrogen and oxygen atoms in total. The number of benzene rings is 1. The Labute approximate surface area is 107 Å². The molecule has 19 heavy (non-hydrogen) atoms. The van der Waals surface area contributed by atoms with Gasteiger partial charge in [0.05, 0.1) is 4.90 Å². The van der Waals surface area contributed by atoms with Crippen LogP contribution < -0.4 is 10.7 Å². The van der Waals surface area contributed by atoms with Gasteiger partial charge in [0.25, 0.3) is 19.9 Å². The molecule has 0 saturated heterocycles. The molecule has 0 aliphatic rings. The van der Waals surface area contributed by atoms with Crippen LogP contribution in [0.25, 0.3) is 0 Å². The Balaban J connectivity index is 3.76. The minimum Gasteiger partial charge on any atom is -0.257 e. The largest absolute Gasteiger partial charge is 0.501 e. The van der Waals surface area contributed by atoms with E-state index in [2.05, 4.69) is 5.84 Å². The van der Waals surface area contributed by atoms with Gasteiger partial charge >= 0.3 is 5.51 Å². The van der Waals surface area contributed by atoms with Crippen molar-refractivity contribution >= 4 is 19.9 Å². The van der Waals surface area contributed by atoms with Crippen molar-refractivity contribution in [1.29, 1.82) is 0 Å². The van der Waals surface area contributed by atoms with Crippen LogP contribution >= 0.6 is 0 Å². The van der Waals surface area contributed by atoms with E-state index in [9.17, 15) is 30.0 Å². The molecular formula is C8H9F3N2O4S2. The van der Waals surface area contributed by atoms with Crippen molar-refractivity contribution < 1.29 is 30.0 Å². The number of sulfonamides is 1. The Bertz CT molecular complexity index is 695. The maximum absolute atomic E-state index is 12.5. The highest BCUT2D eigenvalue weighted by molar-refractivity contribution is 7.94. The summed E-state index contributed by atoms with van der Waals surface area (Å²) in [7, 11) is -10.3. The first-order valence-corrected chi connectivity index (χ1v) is 7.54. The first-order chi connectivity index (χ1) is 8.43. The number of hydrogen-bond donors (Lipinski definition) is 2. The summed E-state index contributed by atoms with van der Waals surface area (Å²) in [5, 5.41) is 0. The minimum absolute atomic E-state index is 0.152. The smallest absolute Gasteiger partial charge is 0.257 e. The van der Waals surface area contributed by atoms with Gasteiger partial charge in [0.2, 0.25) is 0 Å². The van der Waals surface area contributed by atoms with Crippen molar-refractivity contribution in [3.63, 3.8) is 0 Å². The molecule has 0 atom stereocenters. The molecule has 3 N–H and O–H groups in total. The molecule has 108 valence electrons. The van der Waals surface area contributed by atoms with E-state index in [-0.39, 0.29) is 5.56 Å². The van der Waals surface area contributed by atoms with Crippen molar-refractivity contribution in [3.8, 4) is 0 Å². The first kappa shape index (κ1) is 15.9. The monoisotopic (exact) mass is 318 g/mol. The summed E-state index contributed by atoms with van der Waals surface area (Å²) in [5.41, 5.74) is -5.46. The zero-order valence-electron chi connectivity index (χ0n) is 9.39. The summed E-state index contributed by atoms with van der Waals surface area (Å²) in [6, 6.07) is 2.51. The van der Waals surface area contributed by atoms with Crippen molar-refractivity contribution in [2.45, 2.75) is 22.2 Å². The van der Waals surface area contributed by atoms with Gasteiger partial charge in [-0.1, -0.05) is 6.07 Å². The van der Waals surface area contributed by atoms with Crippen LogP contribution in [0.15, 0.2) is 28.0 Å². The number of sulfone groups is 1. The van der Waals surface area contributed by atoms with Crippen molar-refractivity contribution in [2.24, 2.45) is 5.84 Å². The molecule has 0 unspecified atom stereocenters. The van der Waals surface area contributed by atoms with E-state index in [4.69, 9.17) is 0 Å². The van der Waals surface area contributed by atoms with Gasteiger partial charge in [-0.3, -0.25) is 5.84 Å². The van der Waals surface area contributed by atoms with Gasteiger partial charge in [0, 0.05) is 0 Å². The average Bonchev–Trinajstić information content (AvgIpc) is 2.27. The normalized spacial score (nSPS) is 13.5. The number of rotatable bonds is 3. The standard InChI is InChI=1S/C8H9F3N2O4S2/c1-5-2-3-6(19(16,17)13-12)7(4-5)18(14,15)8(9,10)11/h2-4,13H,12H2,1H3. The third-order valence-electron chi connectivity index (χ3n) is 2.14. The lowest BCUT2D eigenvalue weighted by Gasteiger charge is -2.13. The summed E-state index contributed by atoms with van der Waals surface area (Å²) in [6.07, 6.45) is 0. The number of aryl methyl sites for hydroxylation is 1. The predicted molar refractivity (Wildman–Crippen MR) is 58.9 cm³/mol. The maximum Gasteiger partial charge on any atom is 0.501 e. The molecule has 1 aromatic rings. The average molecular weight is 318 g/mol. The lowest BCUT2D eigenvalue weighted by molar-refractivity contribution is -0.0437. The molecule has 0 fully saturated rings. The van der Waals surface area contributed by atoms with Crippen molar-refractivity contribution in [1.82, 2.24) is 4.83 Å². The fourth-order valence-corrected chi connectivity index (χ4v) is 3.51. The molecule has 1 aromatic carbocycles. The third kappa shape index (κ3) is 2.88. The van der Waals surface area contributed by atoms with E-state index in [1.807, 2.05) is 0 Å². The minimum atomic E-state index is -5.80. The maximum atomic E-state index is 12.5. The molecule has 11 heteroatoms. The fraction of sp³-hybridized carbons (Fsp3) is 0.250. The van der Waals surface area contributed by atoms with Crippen LogP contribution in [-0.2, 0) is 19.9 Å². The zero-order valence-corrected chi connectivity index (χ0v) is 11.0. The number of nitrogens with two attached hydrogens (primary N) is 1. The van der Waals surface area contributed by atoms with Gasteiger partial charge in [-0.25, -0.2) is 16.8 Å². The van der Waals surface area contributed by atoms with Crippen LogP contribution in [0, 0.1) is 6.92 Å². The molecular weight excluding hydrogens is 309 g/mol. The van der Waals surface area contributed by atoms with Gasteiger partial charge in [-0.2, -0.15) is 18.0 Å². The zero-order chi connectivity index (χ0) is 15.1. The quantitative estimate of drug-likeness (QED) is 0.621. The fourth-order valence-electron chi connectivity index (χ4n) is 1.24. The van der Waals surface area contributed by atoms with E-state index in [1.165, 1.54) is 11.8 Å². The topological polar surface area (TPSA) is 106 Å². The second-order valence-corrected chi connectivity index (χ2v) is 7.11. The first-order valence-electron chi connectivity index (χ1n) is 4.58. The van der Waals surface area contributed by atoms with Crippen LogP contribution in [0.2, 0.25) is 0 Å². The second-order valence-electron chi connectivity index (χ2n) is 3.52. The van der Waals surface area contributed by atoms with Crippen molar-refractivity contribution in [3.05, 3.63) is 23.8 Å². The highest BCUT2D eigenvalue weighted by atomic mass is 32.2. The Morgan fingerprint density at radius 3 is 2.05 bits per heavy atom. The molecule has 0 heterocycles. The molecule has 0 bridgehead atoms. The van der Waals surface area contributed by atoms with Gasteiger partial charge in [0.1, 0.15) is 4.90 Å². The van der Waals surface area contributed by atoms with Gasteiger partial charge in [-0.05, 0) is 24.6 Å². The number of halogens is 3. The van der Waals surface area contributed by atoms with E-state index in [1.54, 1.807) is 0 Å². The van der Waals surface area contributed by atoms with Crippen LogP contribution in [0.3, 0.4) is 0 Å². The van der Waals surface area contributed by atoms with Gasteiger partial charge < -0.3 is 0 Å². The van der Waals surface area contributed by atoms with Crippen LogP contribution in [0.4, 0.5) is 13.2 Å². The van der Waals surface area contributed by atoms with Gasteiger partial charge in [0.15, 0.2) is 0 Å². The Morgan fingerprint density at radius 2 is 1.63 bits per heavy atom. The van der Waals surface area contributed by atoms with Crippen LogP contribution in [-0.4, -0.2) is 22.3 Å². The van der Waals surface area contributed by atoms with Crippen LogP contribution in [0.5, 0.6) is 0 Å². The Morgan fingerprint density at radius 1 is 1.11 bits per heavy atom. The van der Waals surface area contributed by atoms with E-state index in [0.717, 1.165) is 12.1 Å². The molecule has 1 rings (SSSR count). The molecule has 0 amide bonds. The lowest BCUT2D eigenvalue weighted by Crippen LogP contribution is -2.33. The Hall–Kier alpha value is -1.17. The SMILES string of the molecule is Cc1ccc(S(=O)(=O)NN)c(S(=O)(=O)C(F)(F)F)c1. The van der Waals surface area contributed by atoms with Gasteiger partial charge in [-0.15, -0.1) is 0 Å². The van der Waals surface area contributed by atoms with E-state index in [0.29, 0.717) is 6.07 Å². The molecule has 0 aliphatic heterocycles. The summed E-state index contributed by atoms with van der Waals surface area (Å²) in [5.74, 6) is 4.68. The molecule has 0 saturated carbocycles. The number of alkyl halides is 3. The lowest BCUT2D eigenvalue weighted by atomic mass is 10.2. The van der Waals surface area contributed by atoms with Crippen molar-refractivity contribution in [2.75, 3.05) is 0 Å².